The van der Waals surface area contributed by atoms with Gasteiger partial charge in [-0.1, -0.05) is 0 Å². The highest BCUT2D eigenvalue weighted by molar-refractivity contribution is 5.94. The number of aromatic nitrogens is 4. The molecule has 1 fully saturated rings. The third-order valence-corrected chi connectivity index (χ3v) is 4.65. The minimum atomic E-state index is -0.107. The van der Waals surface area contributed by atoms with E-state index in [1.807, 2.05) is 24.3 Å². The molecule has 1 N–H and O–H groups in total. The van der Waals surface area contributed by atoms with Crippen LogP contribution < -0.4 is 5.32 Å². The first-order chi connectivity index (χ1) is 12.8. The predicted molar refractivity (Wildman–Crippen MR) is 93.7 cm³/mol. The fourth-order valence-electron chi connectivity index (χ4n) is 3.28. The summed E-state index contributed by atoms with van der Waals surface area (Å²) in [6, 6.07) is 11.1. The SMILES string of the molecule is O=C(NCC(c1ccco1)N1CCCC1)c1ccc(-n2cnnn2)cc1. The normalized spacial score (nSPS) is 15.8. The van der Waals surface area contributed by atoms with Crippen molar-refractivity contribution in [3.63, 3.8) is 0 Å². The van der Waals surface area contributed by atoms with Gasteiger partial charge in [-0.3, -0.25) is 9.69 Å². The fourth-order valence-corrected chi connectivity index (χ4v) is 3.28. The molecule has 1 atom stereocenters. The van der Waals surface area contributed by atoms with Gasteiger partial charge in [0.15, 0.2) is 0 Å². The smallest absolute Gasteiger partial charge is 0.251 e. The molecule has 0 aliphatic carbocycles. The van der Waals surface area contributed by atoms with Gasteiger partial charge < -0.3 is 9.73 Å². The van der Waals surface area contributed by atoms with Crippen molar-refractivity contribution in [2.24, 2.45) is 0 Å². The van der Waals surface area contributed by atoms with Gasteiger partial charge in [0.2, 0.25) is 0 Å². The lowest BCUT2D eigenvalue weighted by Gasteiger charge is -2.26. The lowest BCUT2D eigenvalue weighted by Crippen LogP contribution is -2.36. The number of benzene rings is 1. The molecule has 2 aromatic heterocycles. The van der Waals surface area contributed by atoms with E-state index in [9.17, 15) is 4.79 Å². The van der Waals surface area contributed by atoms with Crippen molar-refractivity contribution in [1.29, 1.82) is 0 Å². The highest BCUT2D eigenvalue weighted by atomic mass is 16.3. The quantitative estimate of drug-likeness (QED) is 0.728. The monoisotopic (exact) mass is 352 g/mol. The third-order valence-electron chi connectivity index (χ3n) is 4.65. The molecule has 0 saturated carbocycles. The van der Waals surface area contributed by atoms with E-state index in [0.29, 0.717) is 12.1 Å². The van der Waals surface area contributed by atoms with E-state index in [1.54, 1.807) is 23.1 Å². The molecule has 1 aliphatic rings. The molecule has 26 heavy (non-hydrogen) atoms. The minimum absolute atomic E-state index is 0.0666. The average molecular weight is 352 g/mol. The largest absolute Gasteiger partial charge is 0.468 e. The molecule has 8 nitrogen and oxygen atoms in total. The molecule has 3 aromatic rings. The van der Waals surface area contributed by atoms with Gasteiger partial charge in [-0.15, -0.1) is 5.10 Å². The number of nitrogens with one attached hydrogen (secondary N) is 1. The Bertz CT molecular complexity index is 823. The zero-order chi connectivity index (χ0) is 17.8. The maximum atomic E-state index is 12.5. The molecule has 1 aromatic carbocycles. The topological polar surface area (TPSA) is 89.1 Å². The Morgan fingerprint density at radius 3 is 2.65 bits per heavy atom. The molecule has 1 amide bonds. The Labute approximate surface area is 150 Å². The van der Waals surface area contributed by atoms with E-state index in [1.165, 1.54) is 19.2 Å². The Morgan fingerprint density at radius 1 is 1.19 bits per heavy atom. The summed E-state index contributed by atoms with van der Waals surface area (Å²) in [5.74, 6) is 0.783. The lowest BCUT2D eigenvalue weighted by molar-refractivity contribution is 0.0934. The number of amides is 1. The Hall–Kier alpha value is -3.00. The number of carbonyl (C=O) groups is 1. The van der Waals surface area contributed by atoms with Crippen molar-refractivity contribution in [3.8, 4) is 5.69 Å². The summed E-state index contributed by atoms with van der Waals surface area (Å²) in [4.78, 5) is 14.9. The van der Waals surface area contributed by atoms with Crippen LogP contribution in [0.1, 0.15) is 35.0 Å². The Morgan fingerprint density at radius 2 is 2.00 bits per heavy atom. The van der Waals surface area contributed by atoms with Gasteiger partial charge in [0, 0.05) is 12.1 Å². The van der Waals surface area contributed by atoms with Gasteiger partial charge in [-0.2, -0.15) is 0 Å². The second-order valence-electron chi connectivity index (χ2n) is 6.29. The molecule has 0 bridgehead atoms. The number of hydrogen-bond donors (Lipinski definition) is 1. The van der Waals surface area contributed by atoms with E-state index in [4.69, 9.17) is 4.42 Å². The average Bonchev–Trinajstić information content (AvgIpc) is 3.45. The second-order valence-corrected chi connectivity index (χ2v) is 6.29. The maximum absolute atomic E-state index is 12.5. The molecule has 3 heterocycles. The van der Waals surface area contributed by atoms with Crippen LogP contribution in [-0.2, 0) is 0 Å². The summed E-state index contributed by atoms with van der Waals surface area (Å²) in [6.07, 6.45) is 5.56. The maximum Gasteiger partial charge on any atom is 0.251 e. The van der Waals surface area contributed by atoms with Gasteiger partial charge in [-0.25, -0.2) is 4.68 Å². The number of tetrazole rings is 1. The number of carbonyl (C=O) groups excluding carboxylic acids is 1. The zero-order valence-corrected chi connectivity index (χ0v) is 14.3. The van der Waals surface area contributed by atoms with E-state index in [0.717, 1.165) is 24.5 Å². The molecule has 1 aliphatic heterocycles. The van der Waals surface area contributed by atoms with Crippen molar-refractivity contribution < 1.29 is 9.21 Å². The van der Waals surface area contributed by atoms with Gasteiger partial charge in [0.25, 0.3) is 5.91 Å². The molecule has 0 radical (unpaired) electrons. The highest BCUT2D eigenvalue weighted by Gasteiger charge is 2.26. The van der Waals surface area contributed by atoms with Crippen LogP contribution in [0, 0.1) is 0 Å². The zero-order valence-electron chi connectivity index (χ0n) is 14.3. The van der Waals surface area contributed by atoms with Crippen molar-refractivity contribution in [3.05, 3.63) is 60.3 Å². The molecule has 4 rings (SSSR count). The van der Waals surface area contributed by atoms with Crippen LogP contribution >= 0.6 is 0 Å². The van der Waals surface area contributed by atoms with Gasteiger partial charge in [0.05, 0.1) is 18.0 Å². The van der Waals surface area contributed by atoms with E-state index >= 15 is 0 Å². The van der Waals surface area contributed by atoms with E-state index < -0.39 is 0 Å². The molecule has 0 spiro atoms. The van der Waals surface area contributed by atoms with Crippen LogP contribution in [0.5, 0.6) is 0 Å². The molecule has 1 saturated heterocycles. The van der Waals surface area contributed by atoms with Crippen LogP contribution in [-0.4, -0.2) is 50.6 Å². The third kappa shape index (κ3) is 3.50. The van der Waals surface area contributed by atoms with Crippen LogP contribution in [0.25, 0.3) is 5.69 Å². The Balaban J connectivity index is 1.42. The van der Waals surface area contributed by atoms with Gasteiger partial charge in [-0.05, 0) is 72.8 Å². The number of furan rings is 1. The number of likely N-dealkylation sites (tertiary alicyclic amines) is 1. The summed E-state index contributed by atoms with van der Waals surface area (Å²) >= 11 is 0. The lowest BCUT2D eigenvalue weighted by atomic mass is 10.1. The Kier molecular flexibility index (Phi) is 4.74. The molecular formula is C18H20N6O2. The van der Waals surface area contributed by atoms with Crippen molar-refractivity contribution in [1.82, 2.24) is 30.4 Å². The van der Waals surface area contributed by atoms with Crippen LogP contribution in [0.4, 0.5) is 0 Å². The second kappa shape index (κ2) is 7.49. The summed E-state index contributed by atoms with van der Waals surface area (Å²) in [5.41, 5.74) is 1.40. The standard InChI is InChI=1S/C18H20N6O2/c25-18(14-5-7-15(8-6-14)24-13-20-21-22-24)19-12-16(17-4-3-11-26-17)23-9-1-2-10-23/h3-8,11,13,16H,1-2,9-10,12H2,(H,19,25). The van der Waals surface area contributed by atoms with Crippen LogP contribution in [0.15, 0.2) is 53.4 Å². The van der Waals surface area contributed by atoms with E-state index in [2.05, 4.69) is 25.7 Å². The van der Waals surface area contributed by atoms with Gasteiger partial charge >= 0.3 is 0 Å². The van der Waals surface area contributed by atoms with Crippen LogP contribution in [0.2, 0.25) is 0 Å². The first-order valence-electron chi connectivity index (χ1n) is 8.70. The summed E-state index contributed by atoms with van der Waals surface area (Å²) < 4.78 is 7.13. The number of nitrogens with zero attached hydrogens (tertiary/aromatic N) is 5. The first-order valence-corrected chi connectivity index (χ1v) is 8.70. The van der Waals surface area contributed by atoms with Crippen molar-refractivity contribution >= 4 is 5.91 Å². The van der Waals surface area contributed by atoms with Crippen molar-refractivity contribution in [2.45, 2.75) is 18.9 Å². The number of rotatable bonds is 6. The minimum Gasteiger partial charge on any atom is -0.468 e. The van der Waals surface area contributed by atoms with E-state index in [-0.39, 0.29) is 11.9 Å². The first kappa shape index (κ1) is 16.5. The summed E-state index contributed by atoms with van der Waals surface area (Å²) in [7, 11) is 0. The summed E-state index contributed by atoms with van der Waals surface area (Å²) in [6.45, 7) is 2.57. The molecule has 8 heteroatoms. The molecule has 1 unspecified atom stereocenters. The van der Waals surface area contributed by atoms with Gasteiger partial charge in [0.1, 0.15) is 12.1 Å². The molecular weight excluding hydrogens is 332 g/mol. The predicted octanol–water partition coefficient (Wildman–Crippen LogP) is 1.82. The van der Waals surface area contributed by atoms with Crippen molar-refractivity contribution in [2.75, 3.05) is 19.6 Å². The highest BCUT2D eigenvalue weighted by Crippen LogP contribution is 2.25. The number of hydrogen-bond acceptors (Lipinski definition) is 6. The van der Waals surface area contributed by atoms with Crippen LogP contribution in [0.3, 0.4) is 0 Å². The molecule has 134 valence electrons. The fraction of sp³-hybridized carbons (Fsp3) is 0.333. The summed E-state index contributed by atoms with van der Waals surface area (Å²) in [5, 5.41) is 14.1.